The number of carbonyl (C=O) groups excluding carboxylic acids is 7. The third kappa shape index (κ3) is 30.7. The summed E-state index contributed by atoms with van der Waals surface area (Å²) in [6.45, 7) is -1.19. The van der Waals surface area contributed by atoms with E-state index in [0.29, 0.717) is 22.4 Å². The minimum Gasteiger partial charge on any atom is -0.481 e. The van der Waals surface area contributed by atoms with Crippen molar-refractivity contribution in [1.29, 1.82) is 0 Å². The van der Waals surface area contributed by atoms with Crippen molar-refractivity contribution < 1.29 is 127 Å². The first-order valence-corrected chi connectivity index (χ1v) is 30.9. The maximum Gasteiger partial charge on any atom is 0.326 e. The number of aromatic nitrogens is 3. The van der Waals surface area contributed by atoms with Gasteiger partial charge in [-0.1, -0.05) is 41.6 Å². The highest BCUT2D eigenvalue weighted by atomic mass is 19.1. The fourth-order valence-corrected chi connectivity index (χ4v) is 9.68. The zero-order chi connectivity index (χ0) is 74.9. The zero-order valence-electron chi connectivity index (χ0n) is 53.7. The van der Waals surface area contributed by atoms with Crippen LogP contribution in [0.1, 0.15) is 106 Å². The highest BCUT2D eigenvalue weighted by Crippen LogP contribution is 2.28. The number of benzene rings is 3. The van der Waals surface area contributed by atoms with E-state index in [1.165, 1.54) is 79.0 Å². The molecule has 3 aromatic carbocycles. The number of halogens is 1. The summed E-state index contributed by atoms with van der Waals surface area (Å²) in [6, 6.07) is 3.10. The van der Waals surface area contributed by atoms with Crippen molar-refractivity contribution >= 4 is 113 Å². The van der Waals surface area contributed by atoms with Crippen LogP contribution >= 0.6 is 0 Å². The normalized spacial score (nSPS) is 12.7. The Bertz CT molecular complexity index is 3310. The van der Waals surface area contributed by atoms with E-state index in [2.05, 4.69) is 47.5 Å². The third-order valence-corrected chi connectivity index (χ3v) is 14.9. The second-order valence-corrected chi connectivity index (χ2v) is 22.9. The molecule has 10 amide bonds. The predicted molar refractivity (Wildman–Crippen MR) is 343 cm³/mol. The predicted octanol–water partition coefficient (Wildman–Crippen LogP) is 1.13. The number of nitrogens with one attached hydrogen (secondary N) is 10. The number of rotatable bonds is 45. The summed E-state index contributed by atoms with van der Waals surface area (Å²) in [4.78, 5) is 198. The number of nitrogens with zero attached hydrogens (tertiary/aromatic N) is 3. The van der Waals surface area contributed by atoms with E-state index in [0.717, 1.165) is 4.68 Å². The first-order valence-electron chi connectivity index (χ1n) is 30.9. The largest absolute Gasteiger partial charge is 0.481 e. The minimum atomic E-state index is -1.67. The van der Waals surface area contributed by atoms with Crippen molar-refractivity contribution in [3.05, 3.63) is 101 Å². The van der Waals surface area contributed by atoms with E-state index in [9.17, 15) is 112 Å². The Morgan fingerprint density at radius 3 is 0.950 bits per heavy atom. The summed E-state index contributed by atoms with van der Waals surface area (Å²) in [6.07, 6.45) is -5.02. The molecule has 0 spiro atoms. The van der Waals surface area contributed by atoms with Crippen LogP contribution in [0, 0.1) is 0 Å². The van der Waals surface area contributed by atoms with Crippen LogP contribution in [-0.2, 0) is 94.6 Å². The molecule has 0 aliphatic heterocycles. The molecular formula is C62H76FN13O25. The molecule has 546 valence electrons. The number of carboxylic acid groups (broad SMARTS) is 9. The van der Waals surface area contributed by atoms with Crippen LogP contribution in [0.15, 0.2) is 79.0 Å². The fraction of sp³-hybridized carbons (Fsp3) is 0.419. The topological polar surface area (TPSA) is 606 Å². The first kappa shape index (κ1) is 81.1. The summed E-state index contributed by atoms with van der Waals surface area (Å²) in [5, 5.41) is 116. The van der Waals surface area contributed by atoms with Gasteiger partial charge in [-0.25, -0.2) is 47.8 Å². The number of amides is 10. The number of carbonyl (C=O) groups is 16. The highest BCUT2D eigenvalue weighted by Gasteiger charge is 2.35. The van der Waals surface area contributed by atoms with Crippen LogP contribution in [0.25, 0.3) is 0 Å². The molecule has 1 aromatic heterocycles. The maximum absolute atomic E-state index is 14.2. The van der Waals surface area contributed by atoms with Crippen LogP contribution in [0.4, 0.5) is 35.8 Å². The maximum atomic E-state index is 14.2. The zero-order valence-corrected chi connectivity index (χ0v) is 53.7. The molecule has 0 unspecified atom stereocenters. The number of urea groups is 3. The summed E-state index contributed by atoms with van der Waals surface area (Å²) in [7, 11) is 0. The van der Waals surface area contributed by atoms with Crippen molar-refractivity contribution in [3.8, 4) is 0 Å². The van der Waals surface area contributed by atoms with Crippen molar-refractivity contribution in [2.75, 3.05) is 22.6 Å². The lowest BCUT2D eigenvalue weighted by Crippen LogP contribution is -2.51. The Hall–Kier alpha value is -12.3. The number of hydrogen-bond donors (Lipinski definition) is 19. The van der Waals surface area contributed by atoms with Gasteiger partial charge < -0.3 is 99.1 Å². The van der Waals surface area contributed by atoms with Crippen molar-refractivity contribution in [2.24, 2.45) is 0 Å². The molecule has 38 nitrogen and oxygen atoms in total. The molecule has 1 heterocycles. The van der Waals surface area contributed by atoms with E-state index >= 15 is 0 Å². The molecule has 0 bridgehead atoms. The van der Waals surface area contributed by atoms with Gasteiger partial charge in [-0.15, -0.1) is 5.10 Å². The lowest BCUT2D eigenvalue weighted by molar-refractivity contribution is -0.142. The molecule has 0 saturated heterocycles. The van der Waals surface area contributed by atoms with Gasteiger partial charge in [0.05, 0.1) is 12.4 Å². The van der Waals surface area contributed by atoms with E-state index in [4.69, 9.17) is 15.3 Å². The van der Waals surface area contributed by atoms with Gasteiger partial charge >= 0.3 is 71.8 Å². The Morgan fingerprint density at radius 2 is 0.683 bits per heavy atom. The SMILES string of the molecule is O=C(O)CC[C@H](NC(=O)N[C@@H](Cc1ccc(NC(=O)CCC(CCC(=O)Nc2ccc(C[C@H](NC(=O)N[C@@H](CCC(=O)O)C(=O)O)C(=O)O)cc2)(CCC(=O)Nc2ccc(C[C@H](NC(=O)N[C@@H](CCC(=O)O)C(=O)O)C(=O)O)cc2)NC(=O)Cn2cc(CCCF)nn2)cc1)C(=O)O)C(=O)O. The second-order valence-electron chi connectivity index (χ2n) is 22.9. The molecule has 0 fully saturated rings. The molecular weight excluding hydrogens is 1350 g/mol. The average molecular weight is 1420 g/mol. The summed E-state index contributed by atoms with van der Waals surface area (Å²) < 4.78 is 14.2. The number of aryl methyl sites for hydroxylation is 1. The van der Waals surface area contributed by atoms with Gasteiger partial charge in [-0.3, -0.25) is 38.0 Å². The second kappa shape index (κ2) is 40.4. The lowest BCUT2D eigenvalue weighted by Gasteiger charge is -2.35. The summed E-state index contributed by atoms with van der Waals surface area (Å²) in [5.41, 5.74) is 0.0301. The molecule has 0 saturated carbocycles. The Kier molecular flexibility index (Phi) is 32.4. The standard InChI is InChI=1S/C62H76FN13O25/c63-27-1-2-39-31-76(75-74-39)32-49(80)73-62(24-21-46(77)64-36-9-3-33(4-10-36)28-43(56(93)94)70-59(99)67-40(53(87)88)15-18-50(81)82,25-22-47(78)65-37-11-5-34(6-12-37)29-44(57(95)96)71-60(100)68-41(54(89)90)16-19-51(83)84)26-23-48(79)66-38-13-7-35(8-14-38)30-45(58(97)98)72-61(101)69-42(55(91)92)17-20-52(85)86/h3-14,31,40-45H,1-2,15-30,32H2,(H,64,77)(H,65,78)(H,66,79)(H,73,80)(H,81,82)(H,83,84)(H,85,86)(H,87,88)(H,89,90)(H,91,92)(H,93,94)(H,95,96)(H,97,98)(H2,67,70,99)(H2,68,71,100)(H2,69,72,101)/t40-,41-,42-,43-,44-,45-/m0/s1. The quantitative estimate of drug-likeness (QED) is 0.0295. The summed E-state index contributed by atoms with van der Waals surface area (Å²) in [5.74, 6) is -16.2. The van der Waals surface area contributed by atoms with Gasteiger partial charge in [-0.2, -0.15) is 0 Å². The lowest BCUT2D eigenvalue weighted by atomic mass is 9.83. The van der Waals surface area contributed by atoms with Crippen molar-refractivity contribution in [2.45, 2.75) is 157 Å². The van der Waals surface area contributed by atoms with E-state index in [1.54, 1.807) is 0 Å². The van der Waals surface area contributed by atoms with Gasteiger partial charge in [-0.05, 0) is 104 Å². The van der Waals surface area contributed by atoms with Gasteiger partial charge in [0.15, 0.2) is 0 Å². The third-order valence-electron chi connectivity index (χ3n) is 14.9. The van der Waals surface area contributed by atoms with E-state index < -0.39 is 208 Å². The Balaban J connectivity index is 1.61. The Morgan fingerprint density at radius 1 is 0.396 bits per heavy atom. The van der Waals surface area contributed by atoms with Gasteiger partial charge in [0.1, 0.15) is 42.8 Å². The van der Waals surface area contributed by atoms with Crippen molar-refractivity contribution in [3.63, 3.8) is 0 Å². The van der Waals surface area contributed by atoms with Crippen LogP contribution in [0.3, 0.4) is 0 Å². The number of aliphatic carboxylic acids is 9. The van der Waals surface area contributed by atoms with Crippen LogP contribution in [0.5, 0.6) is 0 Å². The molecule has 4 aromatic rings. The van der Waals surface area contributed by atoms with Gasteiger partial charge in [0.25, 0.3) is 0 Å². The van der Waals surface area contributed by atoms with Crippen LogP contribution in [-0.4, -0.2) is 205 Å². The number of alkyl halides is 1. The highest BCUT2D eigenvalue weighted by molar-refractivity contribution is 5.94. The summed E-state index contributed by atoms with van der Waals surface area (Å²) >= 11 is 0. The molecule has 39 heteroatoms. The number of carboxylic acids is 9. The van der Waals surface area contributed by atoms with Gasteiger partial charge in [0.2, 0.25) is 23.6 Å². The fourth-order valence-electron chi connectivity index (χ4n) is 9.68. The van der Waals surface area contributed by atoms with Crippen molar-refractivity contribution in [1.82, 2.24) is 52.2 Å². The average Bonchev–Trinajstić information content (AvgIpc) is 1.77. The van der Waals surface area contributed by atoms with Gasteiger partial charge in [0, 0.05) is 86.6 Å². The first-order chi connectivity index (χ1) is 47.7. The molecule has 19 N–H and O–H groups in total. The number of anilines is 3. The molecule has 0 radical (unpaired) electrons. The van der Waals surface area contributed by atoms with E-state index in [1.807, 2.05) is 16.0 Å². The van der Waals surface area contributed by atoms with Crippen LogP contribution < -0.4 is 53.2 Å². The molecule has 0 aliphatic carbocycles. The smallest absolute Gasteiger partial charge is 0.326 e. The Labute approximate surface area is 571 Å². The molecule has 101 heavy (non-hydrogen) atoms. The molecule has 0 aliphatic rings. The number of hydrogen-bond acceptors (Lipinski definition) is 18. The van der Waals surface area contributed by atoms with E-state index in [-0.39, 0.29) is 68.4 Å². The monoisotopic (exact) mass is 1420 g/mol. The minimum absolute atomic E-state index is 0.0976. The molecule has 6 atom stereocenters. The molecule has 4 rings (SSSR count). The van der Waals surface area contributed by atoms with Crippen LogP contribution in [0.2, 0.25) is 0 Å².